The molecule has 1 amide bonds. The van der Waals surface area contributed by atoms with Gasteiger partial charge in [0.1, 0.15) is 11.5 Å². The Morgan fingerprint density at radius 1 is 1.00 bits per heavy atom. The van der Waals surface area contributed by atoms with Gasteiger partial charge in [0.05, 0.1) is 29.2 Å². The average molecular weight is 458 g/mol. The normalized spacial score (nSPS) is 17.1. The lowest BCUT2D eigenvalue weighted by Crippen LogP contribution is -2.32. The zero-order chi connectivity index (χ0) is 24.2. The van der Waals surface area contributed by atoms with Crippen LogP contribution in [0.4, 0.5) is 5.69 Å². The molecule has 1 N–H and O–H groups in total. The SMILES string of the molecule is COc1ccc(C(O)=C2C(=O)C(=O)N(CCc3ccccc3)C2c2ccccc2[N+](=O)[O-])cc1. The molecule has 1 atom stereocenters. The van der Waals surface area contributed by atoms with Gasteiger partial charge in [-0.05, 0) is 42.3 Å². The van der Waals surface area contributed by atoms with Crippen molar-refractivity contribution in [1.82, 2.24) is 4.90 Å². The van der Waals surface area contributed by atoms with E-state index in [4.69, 9.17) is 4.74 Å². The number of amides is 1. The summed E-state index contributed by atoms with van der Waals surface area (Å²) in [5, 5.41) is 22.9. The first kappa shape index (κ1) is 22.7. The fourth-order valence-corrected chi connectivity index (χ4v) is 4.12. The topological polar surface area (TPSA) is 110 Å². The van der Waals surface area contributed by atoms with E-state index in [1.807, 2.05) is 30.3 Å². The third-order valence-corrected chi connectivity index (χ3v) is 5.82. The highest BCUT2D eigenvalue weighted by Gasteiger charge is 2.47. The molecule has 0 radical (unpaired) electrons. The molecule has 1 unspecified atom stereocenters. The minimum absolute atomic E-state index is 0.144. The van der Waals surface area contributed by atoms with E-state index >= 15 is 0 Å². The minimum Gasteiger partial charge on any atom is -0.507 e. The first-order valence-electron chi connectivity index (χ1n) is 10.6. The summed E-state index contributed by atoms with van der Waals surface area (Å²) in [6.07, 6.45) is 0.438. The lowest BCUT2D eigenvalue weighted by molar-refractivity contribution is -0.385. The van der Waals surface area contributed by atoms with Crippen molar-refractivity contribution in [2.75, 3.05) is 13.7 Å². The molecule has 8 nitrogen and oxygen atoms in total. The van der Waals surface area contributed by atoms with E-state index in [1.165, 1.54) is 30.2 Å². The third kappa shape index (κ3) is 4.25. The Bertz CT molecular complexity index is 1270. The second-order valence-corrected chi connectivity index (χ2v) is 7.77. The fourth-order valence-electron chi connectivity index (χ4n) is 4.12. The molecule has 0 spiro atoms. The van der Waals surface area contributed by atoms with Crippen molar-refractivity contribution >= 4 is 23.1 Å². The second-order valence-electron chi connectivity index (χ2n) is 7.77. The van der Waals surface area contributed by atoms with Crippen LogP contribution < -0.4 is 4.74 Å². The van der Waals surface area contributed by atoms with E-state index in [-0.39, 0.29) is 23.4 Å². The van der Waals surface area contributed by atoms with Crippen LogP contribution in [0.2, 0.25) is 0 Å². The van der Waals surface area contributed by atoms with E-state index in [1.54, 1.807) is 30.3 Å². The number of benzene rings is 3. The first-order chi connectivity index (χ1) is 16.4. The number of nitro benzene ring substituents is 1. The second kappa shape index (κ2) is 9.58. The zero-order valence-corrected chi connectivity index (χ0v) is 18.4. The third-order valence-electron chi connectivity index (χ3n) is 5.82. The van der Waals surface area contributed by atoms with Gasteiger partial charge in [0, 0.05) is 18.2 Å². The number of aliphatic hydroxyl groups excluding tert-OH is 1. The molecule has 1 heterocycles. The number of nitrogens with zero attached hydrogens (tertiary/aromatic N) is 2. The van der Waals surface area contributed by atoms with Gasteiger partial charge in [0.15, 0.2) is 0 Å². The van der Waals surface area contributed by atoms with Crippen LogP contribution in [0.25, 0.3) is 5.76 Å². The summed E-state index contributed by atoms with van der Waals surface area (Å²) in [7, 11) is 1.50. The Labute approximate surface area is 195 Å². The van der Waals surface area contributed by atoms with Crippen LogP contribution in [0.5, 0.6) is 5.75 Å². The Kier molecular flexibility index (Phi) is 6.40. The minimum atomic E-state index is -1.10. The Balaban J connectivity index is 1.84. The summed E-state index contributed by atoms with van der Waals surface area (Å²) in [5.41, 5.74) is 0.985. The number of Topliss-reactive ketones (excluding diaryl/α,β-unsaturated/α-hetero) is 1. The summed E-state index contributed by atoms with van der Waals surface area (Å²) in [4.78, 5) is 38.7. The van der Waals surface area contributed by atoms with Gasteiger partial charge in [-0.15, -0.1) is 0 Å². The number of methoxy groups -OCH3 is 1. The van der Waals surface area contributed by atoms with Crippen molar-refractivity contribution in [2.24, 2.45) is 0 Å². The number of hydrogen-bond donors (Lipinski definition) is 1. The monoisotopic (exact) mass is 458 g/mol. The molecule has 0 aliphatic carbocycles. The van der Waals surface area contributed by atoms with Crippen LogP contribution in [-0.4, -0.2) is 40.3 Å². The summed E-state index contributed by atoms with van der Waals surface area (Å²) in [5.74, 6) is -1.54. The lowest BCUT2D eigenvalue weighted by atomic mass is 9.94. The molecule has 1 saturated heterocycles. The summed E-state index contributed by atoms with van der Waals surface area (Å²) >= 11 is 0. The van der Waals surface area contributed by atoms with Crippen LogP contribution in [0.3, 0.4) is 0 Å². The van der Waals surface area contributed by atoms with Crippen molar-refractivity contribution in [3.05, 3.63) is 111 Å². The molecule has 8 heteroatoms. The number of hydrogen-bond acceptors (Lipinski definition) is 6. The summed E-state index contributed by atoms with van der Waals surface area (Å²) in [6.45, 7) is 0.144. The maximum Gasteiger partial charge on any atom is 0.295 e. The highest BCUT2D eigenvalue weighted by molar-refractivity contribution is 6.46. The standard InChI is InChI=1S/C26H22N2O6/c1-34-19-13-11-18(12-14-19)24(29)22-23(20-9-5-6-10-21(20)28(32)33)27(26(31)25(22)30)16-15-17-7-3-2-4-8-17/h2-14,23,29H,15-16H2,1H3. The highest BCUT2D eigenvalue weighted by Crippen LogP contribution is 2.42. The molecule has 1 fully saturated rings. The van der Waals surface area contributed by atoms with Gasteiger partial charge in [0.25, 0.3) is 17.4 Å². The van der Waals surface area contributed by atoms with Crippen molar-refractivity contribution < 1.29 is 24.4 Å². The fraction of sp³-hybridized carbons (Fsp3) is 0.154. The number of carbonyl (C=O) groups excluding carboxylic acids is 2. The van der Waals surface area contributed by atoms with Gasteiger partial charge in [-0.1, -0.05) is 42.5 Å². The Morgan fingerprint density at radius 3 is 2.29 bits per heavy atom. The van der Waals surface area contributed by atoms with Gasteiger partial charge in [0.2, 0.25) is 0 Å². The predicted molar refractivity (Wildman–Crippen MR) is 125 cm³/mol. The van der Waals surface area contributed by atoms with Crippen LogP contribution in [-0.2, 0) is 16.0 Å². The number of para-hydroxylation sites is 1. The quantitative estimate of drug-likeness (QED) is 0.186. The van der Waals surface area contributed by atoms with Crippen LogP contribution >= 0.6 is 0 Å². The molecule has 3 aromatic rings. The molecule has 0 aromatic heterocycles. The maximum absolute atomic E-state index is 13.1. The van der Waals surface area contributed by atoms with E-state index < -0.39 is 28.4 Å². The van der Waals surface area contributed by atoms with Crippen LogP contribution in [0.1, 0.15) is 22.7 Å². The van der Waals surface area contributed by atoms with Crippen molar-refractivity contribution in [2.45, 2.75) is 12.5 Å². The van der Waals surface area contributed by atoms with Crippen molar-refractivity contribution in [1.29, 1.82) is 0 Å². The highest BCUT2D eigenvalue weighted by atomic mass is 16.6. The molecule has 3 aromatic carbocycles. The number of aliphatic hydroxyl groups is 1. The van der Waals surface area contributed by atoms with Gasteiger partial charge in [-0.25, -0.2) is 0 Å². The summed E-state index contributed by atoms with van der Waals surface area (Å²) < 4.78 is 5.13. The first-order valence-corrected chi connectivity index (χ1v) is 10.6. The number of ether oxygens (including phenoxy) is 1. The molecular formula is C26H22N2O6. The van der Waals surface area contributed by atoms with Crippen molar-refractivity contribution in [3.8, 4) is 5.75 Å². The lowest BCUT2D eigenvalue weighted by Gasteiger charge is -2.25. The van der Waals surface area contributed by atoms with Crippen LogP contribution in [0, 0.1) is 10.1 Å². The molecule has 34 heavy (non-hydrogen) atoms. The van der Waals surface area contributed by atoms with Crippen LogP contribution in [0.15, 0.2) is 84.4 Å². The number of nitro groups is 1. The molecular weight excluding hydrogens is 436 g/mol. The zero-order valence-electron chi connectivity index (χ0n) is 18.4. The number of ketones is 1. The Hall–Kier alpha value is -4.46. The summed E-state index contributed by atoms with van der Waals surface area (Å²) in [6, 6.07) is 20.6. The van der Waals surface area contributed by atoms with E-state index in [0.717, 1.165) is 5.56 Å². The number of carbonyl (C=O) groups is 2. The van der Waals surface area contributed by atoms with Gasteiger partial charge < -0.3 is 14.7 Å². The smallest absolute Gasteiger partial charge is 0.295 e. The maximum atomic E-state index is 13.1. The number of likely N-dealkylation sites (tertiary alicyclic amines) is 1. The van der Waals surface area contributed by atoms with Gasteiger partial charge in [-0.2, -0.15) is 0 Å². The average Bonchev–Trinajstić information content (AvgIpc) is 3.12. The molecule has 4 rings (SSSR count). The molecule has 0 saturated carbocycles. The van der Waals surface area contributed by atoms with E-state index in [9.17, 15) is 24.8 Å². The van der Waals surface area contributed by atoms with Crippen molar-refractivity contribution in [3.63, 3.8) is 0 Å². The van der Waals surface area contributed by atoms with E-state index in [0.29, 0.717) is 17.7 Å². The predicted octanol–water partition coefficient (Wildman–Crippen LogP) is 4.27. The molecule has 172 valence electrons. The van der Waals surface area contributed by atoms with Gasteiger partial charge in [-0.3, -0.25) is 19.7 Å². The molecule has 1 aliphatic rings. The van der Waals surface area contributed by atoms with Gasteiger partial charge >= 0.3 is 0 Å². The number of rotatable bonds is 7. The molecule has 1 aliphatic heterocycles. The largest absolute Gasteiger partial charge is 0.507 e. The Morgan fingerprint density at radius 2 is 1.65 bits per heavy atom. The molecule has 0 bridgehead atoms. The van der Waals surface area contributed by atoms with E-state index in [2.05, 4.69) is 0 Å².